The number of ether oxygens (including phenoxy) is 1. The lowest BCUT2D eigenvalue weighted by Gasteiger charge is -2.11. The fraction of sp³-hybridized carbons (Fsp3) is 0.0417. The summed E-state index contributed by atoms with van der Waals surface area (Å²) in [6, 6.07) is 19.9. The Kier molecular flexibility index (Phi) is 7.82. The Morgan fingerprint density at radius 1 is 0.939 bits per heavy atom. The molecule has 8 nitrogen and oxygen atoms in total. The summed E-state index contributed by atoms with van der Waals surface area (Å²) in [7, 11) is 0. The number of hydrogen-bond acceptors (Lipinski definition) is 5. The van der Waals surface area contributed by atoms with Crippen LogP contribution < -0.4 is 15.4 Å². The summed E-state index contributed by atoms with van der Waals surface area (Å²) in [5.41, 5.74) is 0.322. The Morgan fingerprint density at radius 2 is 1.61 bits per heavy atom. The molecule has 3 aromatic carbocycles. The van der Waals surface area contributed by atoms with Crippen LogP contribution in [0.1, 0.15) is 15.9 Å². The number of carbonyl (C=O) groups excluding carboxylic acids is 2. The molecule has 0 unspecified atom stereocenters. The second-order valence-electron chi connectivity index (χ2n) is 6.71. The minimum Gasteiger partial charge on any atom is -0.507 e. The lowest BCUT2D eigenvalue weighted by molar-refractivity contribution is -0.137. The minimum absolute atomic E-state index is 0.0355. The van der Waals surface area contributed by atoms with Gasteiger partial charge in [0.2, 0.25) is 0 Å². The smallest absolute Gasteiger partial charge is 0.322 e. The molecule has 168 valence electrons. The summed E-state index contributed by atoms with van der Waals surface area (Å²) in [5.74, 6) is -1.83. The van der Waals surface area contributed by atoms with Gasteiger partial charge in [-0.05, 0) is 64.0 Å². The van der Waals surface area contributed by atoms with Crippen LogP contribution in [0.2, 0.25) is 0 Å². The van der Waals surface area contributed by atoms with Gasteiger partial charge in [-0.25, -0.2) is 0 Å². The van der Waals surface area contributed by atoms with Crippen LogP contribution in [0.4, 0.5) is 0 Å². The molecule has 2 amide bonds. The third kappa shape index (κ3) is 6.68. The largest absolute Gasteiger partial charge is 0.507 e. The lowest BCUT2D eigenvalue weighted by atomic mass is 10.1. The molecule has 4 N–H and O–H groups in total. The summed E-state index contributed by atoms with van der Waals surface area (Å²) in [6.45, 7) is -0.624. The summed E-state index contributed by atoms with van der Waals surface area (Å²) in [4.78, 5) is 35.9. The van der Waals surface area contributed by atoms with Gasteiger partial charge in [0.25, 0.3) is 11.8 Å². The van der Waals surface area contributed by atoms with Crippen LogP contribution in [0.5, 0.6) is 17.2 Å². The van der Waals surface area contributed by atoms with E-state index in [0.29, 0.717) is 17.1 Å². The Bertz CT molecular complexity index is 1210. The van der Waals surface area contributed by atoms with Gasteiger partial charge >= 0.3 is 5.97 Å². The van der Waals surface area contributed by atoms with E-state index >= 15 is 0 Å². The highest BCUT2D eigenvalue weighted by Crippen LogP contribution is 2.29. The van der Waals surface area contributed by atoms with Crippen LogP contribution in [-0.4, -0.2) is 34.5 Å². The van der Waals surface area contributed by atoms with Crippen molar-refractivity contribution in [1.29, 1.82) is 0 Å². The minimum atomic E-state index is -1.23. The number of aliphatic carboxylic acids is 1. The average molecular weight is 511 g/mol. The Balaban J connectivity index is 1.83. The number of rotatable bonds is 8. The molecule has 3 aromatic rings. The molecule has 33 heavy (non-hydrogen) atoms. The number of aromatic hydroxyl groups is 1. The van der Waals surface area contributed by atoms with Gasteiger partial charge in [0, 0.05) is 0 Å². The first-order valence-corrected chi connectivity index (χ1v) is 10.5. The van der Waals surface area contributed by atoms with Gasteiger partial charge in [-0.3, -0.25) is 14.4 Å². The first-order chi connectivity index (χ1) is 15.8. The quantitative estimate of drug-likeness (QED) is 0.340. The van der Waals surface area contributed by atoms with Gasteiger partial charge in [-0.15, -0.1) is 0 Å². The molecule has 0 heterocycles. The summed E-state index contributed by atoms with van der Waals surface area (Å²) in [6.07, 6.45) is 1.39. The number of carboxylic acids is 1. The number of halogens is 1. The normalized spacial score (nSPS) is 10.9. The molecule has 0 aromatic heterocycles. The average Bonchev–Trinajstić information content (AvgIpc) is 2.80. The highest BCUT2D eigenvalue weighted by Gasteiger charge is 2.17. The van der Waals surface area contributed by atoms with Crippen molar-refractivity contribution in [3.8, 4) is 17.2 Å². The molecule has 0 radical (unpaired) electrons. The zero-order valence-electron chi connectivity index (χ0n) is 17.1. The third-order valence-corrected chi connectivity index (χ3v) is 4.95. The number of benzene rings is 3. The fourth-order valence-corrected chi connectivity index (χ4v) is 3.08. The molecule has 0 fully saturated rings. The molecule has 9 heteroatoms. The second-order valence-corrected chi connectivity index (χ2v) is 7.56. The van der Waals surface area contributed by atoms with Crippen molar-refractivity contribution < 1.29 is 29.3 Å². The van der Waals surface area contributed by atoms with E-state index in [-0.39, 0.29) is 17.0 Å². The number of amides is 2. The molecule has 0 aliphatic heterocycles. The van der Waals surface area contributed by atoms with E-state index in [4.69, 9.17) is 9.84 Å². The van der Waals surface area contributed by atoms with Crippen LogP contribution in [0.3, 0.4) is 0 Å². The number of hydrogen-bond donors (Lipinski definition) is 4. The summed E-state index contributed by atoms with van der Waals surface area (Å²) >= 11 is 3.41. The van der Waals surface area contributed by atoms with E-state index in [1.807, 2.05) is 18.2 Å². The summed E-state index contributed by atoms with van der Waals surface area (Å²) in [5, 5.41) is 23.4. The Morgan fingerprint density at radius 3 is 2.27 bits per heavy atom. The summed E-state index contributed by atoms with van der Waals surface area (Å²) < 4.78 is 6.60. The highest BCUT2D eigenvalue weighted by molar-refractivity contribution is 9.10. The fourth-order valence-electron chi connectivity index (χ4n) is 2.72. The van der Waals surface area contributed by atoms with E-state index in [1.54, 1.807) is 42.5 Å². The van der Waals surface area contributed by atoms with Gasteiger partial charge in [-0.1, -0.05) is 36.4 Å². The highest BCUT2D eigenvalue weighted by atomic mass is 79.9. The van der Waals surface area contributed by atoms with Crippen LogP contribution in [0.15, 0.2) is 83.0 Å². The SMILES string of the molecule is O=C(O)CNC(=O)/C(=C/c1ccc(Oc2ccccc2Br)cc1)NC(=O)c1ccccc1O. The van der Waals surface area contributed by atoms with Crippen molar-refractivity contribution >= 4 is 39.8 Å². The van der Waals surface area contributed by atoms with E-state index in [9.17, 15) is 19.5 Å². The molecule has 0 saturated carbocycles. The molecule has 3 rings (SSSR count). The van der Waals surface area contributed by atoms with Crippen molar-refractivity contribution in [3.05, 3.63) is 94.1 Å². The maximum Gasteiger partial charge on any atom is 0.322 e. The lowest BCUT2D eigenvalue weighted by Crippen LogP contribution is -2.37. The Labute approximate surface area is 197 Å². The molecule has 0 bridgehead atoms. The van der Waals surface area contributed by atoms with E-state index in [1.165, 1.54) is 18.2 Å². The van der Waals surface area contributed by atoms with E-state index in [2.05, 4.69) is 26.6 Å². The van der Waals surface area contributed by atoms with Gasteiger partial charge in [-0.2, -0.15) is 0 Å². The Hall–Kier alpha value is -4.11. The molecule has 0 atom stereocenters. The first-order valence-electron chi connectivity index (χ1n) is 9.67. The predicted octanol–water partition coefficient (Wildman–Crippen LogP) is 3.92. The van der Waals surface area contributed by atoms with Crippen molar-refractivity contribution in [2.45, 2.75) is 0 Å². The van der Waals surface area contributed by atoms with Gasteiger partial charge in [0.05, 0.1) is 10.0 Å². The molecule has 0 aliphatic carbocycles. The third-order valence-electron chi connectivity index (χ3n) is 4.30. The number of carbonyl (C=O) groups is 3. The number of para-hydroxylation sites is 2. The van der Waals surface area contributed by atoms with Gasteiger partial charge < -0.3 is 25.6 Å². The van der Waals surface area contributed by atoms with Crippen molar-refractivity contribution in [2.24, 2.45) is 0 Å². The maximum absolute atomic E-state index is 12.6. The molecular weight excluding hydrogens is 492 g/mol. The zero-order valence-corrected chi connectivity index (χ0v) is 18.7. The van der Waals surface area contributed by atoms with Crippen LogP contribution >= 0.6 is 15.9 Å². The predicted molar refractivity (Wildman–Crippen MR) is 125 cm³/mol. The van der Waals surface area contributed by atoms with Gasteiger partial charge in [0.15, 0.2) is 0 Å². The molecule has 0 aliphatic rings. The standard InChI is InChI=1S/C24H19BrN2O6/c25-18-6-2-4-8-21(18)33-16-11-9-15(10-12-16)13-19(24(32)26-14-22(29)30)27-23(31)17-5-1-3-7-20(17)28/h1-13,28H,14H2,(H,26,32)(H,27,31)(H,29,30)/b19-13-. The van der Waals surface area contributed by atoms with Crippen molar-refractivity contribution in [2.75, 3.05) is 6.54 Å². The van der Waals surface area contributed by atoms with Crippen LogP contribution in [0, 0.1) is 0 Å². The van der Waals surface area contributed by atoms with Crippen molar-refractivity contribution in [3.63, 3.8) is 0 Å². The zero-order chi connectivity index (χ0) is 23.8. The second kappa shape index (κ2) is 11.0. The van der Waals surface area contributed by atoms with Crippen LogP contribution in [-0.2, 0) is 9.59 Å². The first kappa shape index (κ1) is 23.6. The monoisotopic (exact) mass is 510 g/mol. The van der Waals surface area contributed by atoms with Gasteiger partial charge in [0.1, 0.15) is 29.5 Å². The number of carboxylic acid groups (broad SMARTS) is 1. The van der Waals surface area contributed by atoms with Crippen molar-refractivity contribution in [1.82, 2.24) is 10.6 Å². The number of phenols is 1. The number of nitrogens with one attached hydrogen (secondary N) is 2. The number of phenolic OH excluding ortho intramolecular Hbond substituents is 1. The van der Waals surface area contributed by atoms with E-state index < -0.39 is 24.3 Å². The molecule has 0 spiro atoms. The van der Waals surface area contributed by atoms with E-state index in [0.717, 1.165) is 4.47 Å². The van der Waals surface area contributed by atoms with Crippen LogP contribution in [0.25, 0.3) is 6.08 Å². The molecule has 0 saturated heterocycles. The topological polar surface area (TPSA) is 125 Å². The molecular formula is C24H19BrN2O6. The maximum atomic E-state index is 12.6.